The number of anilines is 1. The molecular formula is C13H14N2O3S. The van der Waals surface area contributed by atoms with Gasteiger partial charge in [0.2, 0.25) is 0 Å². The lowest BCUT2D eigenvalue weighted by atomic mass is 10.1. The molecule has 0 aliphatic rings. The van der Waals surface area contributed by atoms with Crippen molar-refractivity contribution in [3.8, 4) is 5.75 Å². The lowest BCUT2D eigenvalue weighted by molar-refractivity contribution is 0.0697. The number of rotatable bonds is 5. The Labute approximate surface area is 114 Å². The lowest BCUT2D eigenvalue weighted by Gasteiger charge is -2.16. The van der Waals surface area contributed by atoms with Gasteiger partial charge in [-0.3, -0.25) is 0 Å². The molecule has 0 bridgehead atoms. The third-order valence-corrected chi connectivity index (χ3v) is 3.32. The molecule has 0 amide bonds. The SMILES string of the molecule is COc1ccc(C(=O)O)cc1NC(C)c1cscn1. The van der Waals surface area contributed by atoms with E-state index >= 15 is 0 Å². The molecule has 2 rings (SSSR count). The number of thiazole rings is 1. The van der Waals surface area contributed by atoms with E-state index in [1.54, 1.807) is 24.8 Å². The number of nitrogens with zero attached hydrogens (tertiary/aromatic N) is 1. The zero-order valence-electron chi connectivity index (χ0n) is 10.6. The molecule has 1 atom stereocenters. The zero-order valence-corrected chi connectivity index (χ0v) is 11.4. The normalized spacial score (nSPS) is 11.9. The Morgan fingerprint density at radius 2 is 2.32 bits per heavy atom. The molecule has 1 aromatic heterocycles. The second-order valence-corrected chi connectivity index (χ2v) is 4.72. The monoisotopic (exact) mass is 278 g/mol. The fourth-order valence-electron chi connectivity index (χ4n) is 1.70. The van der Waals surface area contributed by atoms with Crippen LogP contribution in [-0.2, 0) is 0 Å². The quantitative estimate of drug-likeness (QED) is 0.879. The van der Waals surface area contributed by atoms with Crippen LogP contribution in [0.2, 0.25) is 0 Å². The Morgan fingerprint density at radius 1 is 1.53 bits per heavy atom. The Hall–Kier alpha value is -2.08. The van der Waals surface area contributed by atoms with E-state index < -0.39 is 5.97 Å². The van der Waals surface area contributed by atoms with E-state index in [4.69, 9.17) is 9.84 Å². The topological polar surface area (TPSA) is 71.5 Å². The van der Waals surface area contributed by atoms with Gasteiger partial charge in [-0.15, -0.1) is 11.3 Å². The van der Waals surface area contributed by atoms with Crippen LogP contribution in [0.3, 0.4) is 0 Å². The molecule has 0 aliphatic heterocycles. The van der Waals surface area contributed by atoms with Crippen LogP contribution in [0, 0.1) is 0 Å². The molecule has 5 nitrogen and oxygen atoms in total. The number of hydrogen-bond acceptors (Lipinski definition) is 5. The molecule has 0 spiro atoms. The van der Waals surface area contributed by atoms with Gasteiger partial charge in [-0.25, -0.2) is 9.78 Å². The van der Waals surface area contributed by atoms with Gasteiger partial charge in [0.15, 0.2) is 0 Å². The molecule has 0 saturated heterocycles. The molecule has 2 aromatic rings. The van der Waals surface area contributed by atoms with Gasteiger partial charge in [0.05, 0.1) is 35.6 Å². The highest BCUT2D eigenvalue weighted by Gasteiger charge is 2.13. The van der Waals surface area contributed by atoms with E-state index in [1.165, 1.54) is 17.4 Å². The Morgan fingerprint density at radius 3 is 2.89 bits per heavy atom. The fraction of sp³-hybridized carbons (Fsp3) is 0.231. The van der Waals surface area contributed by atoms with Crippen molar-refractivity contribution in [2.45, 2.75) is 13.0 Å². The average molecular weight is 278 g/mol. The number of carboxylic acids is 1. The standard InChI is InChI=1S/C13H14N2O3S/c1-8(11-6-19-7-14-11)15-10-5-9(13(16)17)3-4-12(10)18-2/h3-8,15H,1-2H3,(H,16,17). The second kappa shape index (κ2) is 5.71. The summed E-state index contributed by atoms with van der Waals surface area (Å²) in [6.07, 6.45) is 0. The number of ether oxygens (including phenoxy) is 1. The van der Waals surface area contributed by atoms with Crippen LogP contribution < -0.4 is 10.1 Å². The molecule has 1 heterocycles. The minimum Gasteiger partial charge on any atom is -0.495 e. The van der Waals surface area contributed by atoms with Crippen LogP contribution in [0.5, 0.6) is 5.75 Å². The van der Waals surface area contributed by atoms with Crippen LogP contribution in [0.4, 0.5) is 5.69 Å². The third-order valence-electron chi connectivity index (χ3n) is 2.71. The van der Waals surface area contributed by atoms with Gasteiger partial charge in [-0.1, -0.05) is 0 Å². The number of methoxy groups -OCH3 is 1. The Kier molecular flexibility index (Phi) is 4.01. The second-order valence-electron chi connectivity index (χ2n) is 4.00. The first-order valence-electron chi connectivity index (χ1n) is 5.67. The van der Waals surface area contributed by atoms with E-state index in [2.05, 4.69) is 10.3 Å². The molecule has 1 unspecified atom stereocenters. The highest BCUT2D eigenvalue weighted by Crippen LogP contribution is 2.29. The van der Waals surface area contributed by atoms with Gasteiger partial charge in [-0.2, -0.15) is 0 Å². The van der Waals surface area contributed by atoms with Crippen molar-refractivity contribution in [1.82, 2.24) is 4.98 Å². The summed E-state index contributed by atoms with van der Waals surface area (Å²) in [4.78, 5) is 15.2. The summed E-state index contributed by atoms with van der Waals surface area (Å²) in [6, 6.07) is 4.69. The lowest BCUT2D eigenvalue weighted by Crippen LogP contribution is -2.09. The number of aromatic carboxylic acids is 1. The van der Waals surface area contributed by atoms with Gasteiger partial charge < -0.3 is 15.2 Å². The molecule has 100 valence electrons. The van der Waals surface area contributed by atoms with Crippen molar-refractivity contribution in [2.24, 2.45) is 0 Å². The maximum atomic E-state index is 11.0. The van der Waals surface area contributed by atoms with Crippen molar-refractivity contribution in [1.29, 1.82) is 0 Å². The first kappa shape index (κ1) is 13.4. The van der Waals surface area contributed by atoms with Crippen molar-refractivity contribution < 1.29 is 14.6 Å². The molecule has 19 heavy (non-hydrogen) atoms. The van der Waals surface area contributed by atoms with E-state index in [0.29, 0.717) is 11.4 Å². The van der Waals surface area contributed by atoms with E-state index in [0.717, 1.165) is 5.69 Å². The molecule has 0 radical (unpaired) electrons. The zero-order chi connectivity index (χ0) is 13.8. The van der Waals surface area contributed by atoms with E-state index in [-0.39, 0.29) is 11.6 Å². The van der Waals surface area contributed by atoms with Gasteiger partial charge in [0.1, 0.15) is 5.75 Å². The molecule has 0 saturated carbocycles. The van der Waals surface area contributed by atoms with E-state index in [9.17, 15) is 4.79 Å². The predicted molar refractivity (Wildman–Crippen MR) is 74.1 cm³/mol. The average Bonchev–Trinajstić information content (AvgIpc) is 2.92. The fourth-order valence-corrected chi connectivity index (χ4v) is 2.34. The number of carbonyl (C=O) groups is 1. The Bertz CT molecular complexity index is 569. The molecule has 0 aliphatic carbocycles. The minimum atomic E-state index is -0.966. The maximum Gasteiger partial charge on any atom is 0.335 e. The minimum absolute atomic E-state index is 0.0239. The summed E-state index contributed by atoms with van der Waals surface area (Å²) in [5.74, 6) is -0.362. The Balaban J connectivity index is 2.27. The predicted octanol–water partition coefficient (Wildman–Crippen LogP) is 3.02. The van der Waals surface area contributed by atoms with Crippen LogP contribution in [0.25, 0.3) is 0 Å². The summed E-state index contributed by atoms with van der Waals surface area (Å²) < 4.78 is 5.23. The summed E-state index contributed by atoms with van der Waals surface area (Å²) >= 11 is 1.52. The first-order chi connectivity index (χ1) is 9.11. The van der Waals surface area contributed by atoms with Crippen LogP contribution in [-0.4, -0.2) is 23.2 Å². The van der Waals surface area contributed by atoms with Gasteiger partial charge in [0.25, 0.3) is 0 Å². The first-order valence-corrected chi connectivity index (χ1v) is 6.62. The number of aromatic nitrogens is 1. The molecule has 2 N–H and O–H groups in total. The largest absolute Gasteiger partial charge is 0.495 e. The summed E-state index contributed by atoms with van der Waals surface area (Å²) in [5, 5.41) is 14.2. The van der Waals surface area contributed by atoms with Crippen molar-refractivity contribution in [2.75, 3.05) is 12.4 Å². The number of nitrogens with one attached hydrogen (secondary N) is 1. The highest BCUT2D eigenvalue weighted by molar-refractivity contribution is 7.07. The molecular weight excluding hydrogens is 264 g/mol. The van der Waals surface area contributed by atoms with Crippen molar-refractivity contribution >= 4 is 23.0 Å². The number of carboxylic acid groups (broad SMARTS) is 1. The smallest absolute Gasteiger partial charge is 0.335 e. The van der Waals surface area contributed by atoms with Crippen LogP contribution in [0.15, 0.2) is 29.1 Å². The van der Waals surface area contributed by atoms with Crippen LogP contribution >= 0.6 is 11.3 Å². The van der Waals surface area contributed by atoms with Gasteiger partial charge in [-0.05, 0) is 25.1 Å². The third kappa shape index (κ3) is 3.03. The number of benzene rings is 1. The molecule has 6 heteroatoms. The van der Waals surface area contributed by atoms with Crippen molar-refractivity contribution in [3.05, 3.63) is 40.3 Å². The highest BCUT2D eigenvalue weighted by atomic mass is 32.1. The molecule has 1 aromatic carbocycles. The van der Waals surface area contributed by atoms with Crippen LogP contribution in [0.1, 0.15) is 29.0 Å². The van der Waals surface area contributed by atoms with Gasteiger partial charge >= 0.3 is 5.97 Å². The number of hydrogen-bond donors (Lipinski definition) is 2. The maximum absolute atomic E-state index is 11.0. The van der Waals surface area contributed by atoms with E-state index in [1.807, 2.05) is 12.3 Å². The van der Waals surface area contributed by atoms with Gasteiger partial charge in [0, 0.05) is 5.38 Å². The molecule has 0 fully saturated rings. The van der Waals surface area contributed by atoms with Crippen molar-refractivity contribution in [3.63, 3.8) is 0 Å². The summed E-state index contributed by atoms with van der Waals surface area (Å²) in [7, 11) is 1.55. The summed E-state index contributed by atoms with van der Waals surface area (Å²) in [6.45, 7) is 1.96. The summed E-state index contributed by atoms with van der Waals surface area (Å²) in [5.41, 5.74) is 3.53.